The fourth-order valence-electron chi connectivity index (χ4n) is 1.70. The molecular weight excluding hydrogens is 240 g/mol. The molecule has 19 heavy (non-hydrogen) atoms. The topological polar surface area (TPSA) is 64.3 Å². The number of ether oxygens (including phenoxy) is 1. The SMILES string of the molecule is Cc1c(N)nc(C(C)C)nc1N(C)CCOC(C)C. The van der Waals surface area contributed by atoms with Gasteiger partial charge >= 0.3 is 0 Å². The molecule has 0 bridgehead atoms. The van der Waals surface area contributed by atoms with E-state index in [4.69, 9.17) is 10.5 Å². The highest BCUT2D eigenvalue weighted by molar-refractivity contribution is 5.56. The first-order chi connectivity index (χ1) is 8.82. The maximum absolute atomic E-state index is 5.96. The minimum atomic E-state index is 0.246. The number of rotatable bonds is 6. The summed E-state index contributed by atoms with van der Waals surface area (Å²) in [6, 6.07) is 0. The number of hydrogen-bond acceptors (Lipinski definition) is 5. The van der Waals surface area contributed by atoms with Crippen LogP contribution < -0.4 is 10.6 Å². The minimum Gasteiger partial charge on any atom is -0.383 e. The monoisotopic (exact) mass is 266 g/mol. The van der Waals surface area contributed by atoms with Crippen LogP contribution in [0.1, 0.15) is 45.0 Å². The molecule has 0 aliphatic heterocycles. The molecule has 0 unspecified atom stereocenters. The standard InChI is InChI=1S/C14H26N4O/c1-9(2)13-16-12(15)11(5)14(17-13)18(6)7-8-19-10(3)4/h9-10H,7-8H2,1-6H3,(H2,15,16,17). The highest BCUT2D eigenvalue weighted by Gasteiger charge is 2.14. The summed E-state index contributed by atoms with van der Waals surface area (Å²) in [5.41, 5.74) is 6.89. The molecule has 0 radical (unpaired) electrons. The lowest BCUT2D eigenvalue weighted by atomic mass is 10.2. The number of anilines is 2. The summed E-state index contributed by atoms with van der Waals surface area (Å²) in [6.45, 7) is 11.6. The van der Waals surface area contributed by atoms with Crippen LogP contribution in [0.5, 0.6) is 0 Å². The Morgan fingerprint density at radius 1 is 1.21 bits per heavy atom. The molecule has 0 atom stereocenters. The second-order valence-corrected chi connectivity index (χ2v) is 5.41. The van der Waals surface area contributed by atoms with Crippen LogP contribution in [-0.4, -0.2) is 36.3 Å². The normalized spacial score (nSPS) is 11.4. The average Bonchev–Trinajstić information content (AvgIpc) is 2.31. The van der Waals surface area contributed by atoms with Gasteiger partial charge in [0.25, 0.3) is 0 Å². The zero-order valence-electron chi connectivity index (χ0n) is 12.9. The Kier molecular flexibility index (Phi) is 5.54. The van der Waals surface area contributed by atoms with Crippen LogP contribution in [-0.2, 0) is 4.74 Å². The van der Waals surface area contributed by atoms with Crippen LogP contribution in [0, 0.1) is 6.92 Å². The maximum Gasteiger partial charge on any atom is 0.137 e. The molecule has 5 heteroatoms. The van der Waals surface area contributed by atoms with Gasteiger partial charge in [-0.05, 0) is 20.8 Å². The van der Waals surface area contributed by atoms with Gasteiger partial charge in [0.05, 0.1) is 12.7 Å². The lowest BCUT2D eigenvalue weighted by Crippen LogP contribution is -2.26. The van der Waals surface area contributed by atoms with E-state index in [0.29, 0.717) is 12.4 Å². The van der Waals surface area contributed by atoms with Crippen molar-refractivity contribution in [3.8, 4) is 0 Å². The lowest BCUT2D eigenvalue weighted by molar-refractivity contribution is 0.0845. The summed E-state index contributed by atoms with van der Waals surface area (Å²) >= 11 is 0. The van der Waals surface area contributed by atoms with Crippen molar-refractivity contribution in [1.82, 2.24) is 9.97 Å². The predicted molar refractivity (Wildman–Crippen MR) is 79.6 cm³/mol. The van der Waals surface area contributed by atoms with E-state index in [9.17, 15) is 0 Å². The van der Waals surface area contributed by atoms with E-state index in [1.807, 2.05) is 27.8 Å². The largest absolute Gasteiger partial charge is 0.383 e. The molecule has 108 valence electrons. The van der Waals surface area contributed by atoms with E-state index in [2.05, 4.69) is 28.7 Å². The number of aromatic nitrogens is 2. The zero-order chi connectivity index (χ0) is 14.6. The van der Waals surface area contributed by atoms with Crippen LogP contribution in [0.25, 0.3) is 0 Å². The third-order valence-corrected chi connectivity index (χ3v) is 2.93. The molecule has 1 heterocycles. The van der Waals surface area contributed by atoms with E-state index >= 15 is 0 Å². The molecule has 0 fully saturated rings. The Morgan fingerprint density at radius 3 is 2.37 bits per heavy atom. The highest BCUT2D eigenvalue weighted by Crippen LogP contribution is 2.23. The summed E-state index contributed by atoms with van der Waals surface area (Å²) < 4.78 is 5.57. The van der Waals surface area contributed by atoms with Crippen LogP contribution in [0.4, 0.5) is 11.6 Å². The van der Waals surface area contributed by atoms with Gasteiger partial charge in [-0.15, -0.1) is 0 Å². The van der Waals surface area contributed by atoms with Gasteiger partial charge in [-0.1, -0.05) is 13.8 Å². The van der Waals surface area contributed by atoms with E-state index in [0.717, 1.165) is 23.8 Å². The van der Waals surface area contributed by atoms with Gasteiger partial charge in [0.15, 0.2) is 0 Å². The first-order valence-corrected chi connectivity index (χ1v) is 6.79. The number of nitrogens with zero attached hydrogens (tertiary/aromatic N) is 3. The van der Waals surface area contributed by atoms with E-state index in [1.165, 1.54) is 0 Å². The smallest absolute Gasteiger partial charge is 0.137 e. The first kappa shape index (κ1) is 15.7. The van der Waals surface area contributed by atoms with Crippen LogP contribution in [0.2, 0.25) is 0 Å². The van der Waals surface area contributed by atoms with Crippen molar-refractivity contribution in [3.05, 3.63) is 11.4 Å². The maximum atomic E-state index is 5.96. The summed E-state index contributed by atoms with van der Waals surface area (Å²) in [6.07, 6.45) is 0.246. The van der Waals surface area contributed by atoms with Gasteiger partial charge in [-0.2, -0.15) is 0 Å². The number of nitrogen functional groups attached to an aromatic ring is 1. The summed E-state index contributed by atoms with van der Waals surface area (Å²) in [5, 5.41) is 0. The van der Waals surface area contributed by atoms with E-state index in [1.54, 1.807) is 0 Å². The molecule has 2 N–H and O–H groups in total. The van der Waals surface area contributed by atoms with E-state index < -0.39 is 0 Å². The van der Waals surface area contributed by atoms with Crippen molar-refractivity contribution in [3.63, 3.8) is 0 Å². The molecule has 0 aromatic carbocycles. The molecule has 0 aliphatic carbocycles. The quantitative estimate of drug-likeness (QED) is 0.856. The molecule has 1 aromatic heterocycles. The molecule has 1 rings (SSSR count). The third-order valence-electron chi connectivity index (χ3n) is 2.93. The van der Waals surface area contributed by atoms with Crippen LogP contribution >= 0.6 is 0 Å². The highest BCUT2D eigenvalue weighted by atomic mass is 16.5. The summed E-state index contributed by atoms with van der Waals surface area (Å²) in [5.74, 6) is 2.51. The Balaban J connectivity index is 2.86. The molecule has 0 spiro atoms. The van der Waals surface area contributed by atoms with Gasteiger partial charge in [0.2, 0.25) is 0 Å². The lowest BCUT2D eigenvalue weighted by Gasteiger charge is -2.22. The van der Waals surface area contributed by atoms with Crippen molar-refractivity contribution < 1.29 is 4.74 Å². The van der Waals surface area contributed by atoms with Gasteiger partial charge in [0, 0.05) is 25.1 Å². The van der Waals surface area contributed by atoms with Crippen molar-refractivity contribution in [2.75, 3.05) is 30.8 Å². The zero-order valence-corrected chi connectivity index (χ0v) is 12.9. The van der Waals surface area contributed by atoms with Crippen molar-refractivity contribution in [2.24, 2.45) is 0 Å². The summed E-state index contributed by atoms with van der Waals surface area (Å²) in [4.78, 5) is 11.0. The van der Waals surface area contributed by atoms with Gasteiger partial charge in [-0.3, -0.25) is 0 Å². The number of likely N-dealkylation sites (N-methyl/N-ethyl adjacent to an activating group) is 1. The molecule has 0 amide bonds. The first-order valence-electron chi connectivity index (χ1n) is 6.79. The van der Waals surface area contributed by atoms with Gasteiger partial charge < -0.3 is 15.4 Å². The van der Waals surface area contributed by atoms with Gasteiger partial charge in [-0.25, -0.2) is 9.97 Å². The van der Waals surface area contributed by atoms with Crippen molar-refractivity contribution in [1.29, 1.82) is 0 Å². The predicted octanol–water partition coefficient (Wildman–Crippen LogP) is 2.35. The van der Waals surface area contributed by atoms with E-state index in [-0.39, 0.29) is 12.0 Å². The Hall–Kier alpha value is -1.36. The molecule has 1 aromatic rings. The van der Waals surface area contributed by atoms with Crippen molar-refractivity contribution >= 4 is 11.6 Å². The molecule has 0 saturated heterocycles. The molecular formula is C14H26N4O. The average molecular weight is 266 g/mol. The van der Waals surface area contributed by atoms with Crippen LogP contribution in [0.3, 0.4) is 0 Å². The third kappa shape index (κ3) is 4.35. The Morgan fingerprint density at radius 2 is 1.84 bits per heavy atom. The Labute approximate surface area is 116 Å². The molecule has 0 aliphatic rings. The van der Waals surface area contributed by atoms with Crippen molar-refractivity contribution in [2.45, 2.75) is 46.6 Å². The molecule has 0 saturated carbocycles. The number of hydrogen-bond donors (Lipinski definition) is 1. The molecule has 5 nitrogen and oxygen atoms in total. The second kappa shape index (κ2) is 6.70. The van der Waals surface area contributed by atoms with Gasteiger partial charge in [0.1, 0.15) is 17.5 Å². The van der Waals surface area contributed by atoms with Crippen LogP contribution in [0.15, 0.2) is 0 Å². The minimum absolute atomic E-state index is 0.246. The fraction of sp³-hybridized carbons (Fsp3) is 0.714. The number of nitrogens with two attached hydrogens (primary N) is 1. The summed E-state index contributed by atoms with van der Waals surface area (Å²) in [7, 11) is 2.00. The Bertz CT molecular complexity index is 418. The fourth-order valence-corrected chi connectivity index (χ4v) is 1.70. The second-order valence-electron chi connectivity index (χ2n) is 5.41.